The molecule has 15 heteroatoms. The van der Waals surface area contributed by atoms with Crippen molar-refractivity contribution in [3.05, 3.63) is 52.7 Å². The van der Waals surface area contributed by atoms with Crippen LogP contribution in [0.2, 0.25) is 5.02 Å². The summed E-state index contributed by atoms with van der Waals surface area (Å²) in [5.74, 6) is -1.15. The van der Waals surface area contributed by atoms with Crippen LogP contribution >= 0.6 is 11.6 Å². The smallest absolute Gasteiger partial charge is 0.435 e. The van der Waals surface area contributed by atoms with Gasteiger partial charge in [-0.15, -0.1) is 0 Å². The Morgan fingerprint density at radius 3 is 2.27 bits per heavy atom. The van der Waals surface area contributed by atoms with Gasteiger partial charge >= 0.3 is 18.3 Å². The second-order valence-electron chi connectivity index (χ2n) is 9.40. The second kappa shape index (κ2) is 15.4. The first-order valence-electron chi connectivity index (χ1n) is 13.3. The lowest BCUT2D eigenvalue weighted by molar-refractivity contribution is -0.141. The van der Waals surface area contributed by atoms with Crippen molar-refractivity contribution in [1.82, 2.24) is 9.78 Å². The molecule has 0 radical (unpaired) electrons. The van der Waals surface area contributed by atoms with E-state index in [1.165, 1.54) is 25.2 Å². The number of aromatic nitrogens is 2. The van der Waals surface area contributed by atoms with E-state index in [9.17, 15) is 35.9 Å². The van der Waals surface area contributed by atoms with E-state index in [1.54, 1.807) is 0 Å². The van der Waals surface area contributed by atoms with E-state index in [-0.39, 0.29) is 53.7 Å². The standard InChI is InChI=1S/C29H29ClF6N2O6/c1-18(40)44-27-20(23-17-25(29(34,35)36)37-38(23)2)7-9-24(43-12-5-3-4-11-41-14-15-42-13-10-39)26(27)19-6-8-22(30)21(16-19)28(31,32)33/h6-10,16-17H,3-5,11-15H2,1-2H3. The van der Waals surface area contributed by atoms with Crippen molar-refractivity contribution in [2.75, 3.05) is 33.0 Å². The molecule has 0 saturated heterocycles. The van der Waals surface area contributed by atoms with E-state index < -0.39 is 34.6 Å². The zero-order valence-corrected chi connectivity index (χ0v) is 24.4. The first-order chi connectivity index (χ1) is 20.7. The molecule has 44 heavy (non-hydrogen) atoms. The number of rotatable bonds is 15. The molecule has 0 amide bonds. The fraction of sp³-hybridized carbons (Fsp3) is 0.414. The number of carbonyl (C=O) groups excluding carboxylic acids is 2. The molecule has 1 aromatic heterocycles. The highest BCUT2D eigenvalue weighted by Gasteiger charge is 2.36. The molecule has 0 saturated carbocycles. The maximum atomic E-state index is 13.8. The van der Waals surface area contributed by atoms with Crippen molar-refractivity contribution in [3.63, 3.8) is 0 Å². The first kappa shape index (κ1) is 34.9. The molecule has 0 aliphatic carbocycles. The normalized spacial score (nSPS) is 11.9. The van der Waals surface area contributed by atoms with Crippen LogP contribution in [0, 0.1) is 0 Å². The number of esters is 1. The van der Waals surface area contributed by atoms with Gasteiger partial charge in [-0.25, -0.2) is 0 Å². The van der Waals surface area contributed by atoms with E-state index in [4.69, 9.17) is 30.5 Å². The summed E-state index contributed by atoms with van der Waals surface area (Å²) in [4.78, 5) is 22.4. The van der Waals surface area contributed by atoms with Gasteiger partial charge in [-0.2, -0.15) is 31.4 Å². The van der Waals surface area contributed by atoms with Gasteiger partial charge in [0.25, 0.3) is 0 Å². The molecule has 0 atom stereocenters. The third-order valence-corrected chi connectivity index (χ3v) is 6.45. The summed E-state index contributed by atoms with van der Waals surface area (Å²) in [6.07, 6.45) is -7.14. The van der Waals surface area contributed by atoms with Gasteiger partial charge in [-0.05, 0) is 55.2 Å². The Bertz CT molecular complexity index is 1440. The first-order valence-corrected chi connectivity index (χ1v) is 13.7. The molecule has 0 N–H and O–H groups in total. The van der Waals surface area contributed by atoms with E-state index in [2.05, 4.69) is 5.10 Å². The van der Waals surface area contributed by atoms with Crippen molar-refractivity contribution >= 4 is 23.9 Å². The average molecular weight is 651 g/mol. The van der Waals surface area contributed by atoms with Crippen LogP contribution in [0.4, 0.5) is 26.3 Å². The number of benzene rings is 2. The number of unbranched alkanes of at least 4 members (excludes halogenated alkanes) is 2. The van der Waals surface area contributed by atoms with Crippen LogP contribution in [0.1, 0.15) is 37.4 Å². The predicted octanol–water partition coefficient (Wildman–Crippen LogP) is 7.15. The minimum absolute atomic E-state index is 0.00690. The molecular formula is C29H29ClF6N2O6. The topological polar surface area (TPSA) is 88.9 Å². The van der Waals surface area contributed by atoms with E-state index >= 15 is 0 Å². The monoisotopic (exact) mass is 650 g/mol. The molecule has 0 aliphatic rings. The van der Waals surface area contributed by atoms with Gasteiger partial charge in [-0.3, -0.25) is 9.48 Å². The molecule has 240 valence electrons. The quantitative estimate of drug-likeness (QED) is 0.0567. The summed E-state index contributed by atoms with van der Waals surface area (Å²) < 4.78 is 104. The number of aldehydes is 1. The van der Waals surface area contributed by atoms with Gasteiger partial charge in [-0.1, -0.05) is 17.7 Å². The number of ether oxygens (including phenoxy) is 4. The van der Waals surface area contributed by atoms with Crippen molar-refractivity contribution in [1.29, 1.82) is 0 Å². The number of halogens is 7. The Labute approximate surface area is 253 Å². The molecule has 0 spiro atoms. The lowest BCUT2D eigenvalue weighted by Gasteiger charge is -2.20. The van der Waals surface area contributed by atoms with Crippen LogP contribution in [0.3, 0.4) is 0 Å². The van der Waals surface area contributed by atoms with Gasteiger partial charge in [0.1, 0.15) is 18.6 Å². The molecule has 0 aliphatic heterocycles. The highest BCUT2D eigenvalue weighted by molar-refractivity contribution is 6.31. The number of hydrogen-bond donors (Lipinski definition) is 0. The molecule has 0 unspecified atom stereocenters. The van der Waals surface area contributed by atoms with Gasteiger partial charge in [0.05, 0.1) is 41.7 Å². The Morgan fingerprint density at radius 1 is 0.932 bits per heavy atom. The minimum atomic E-state index is -4.83. The number of hydrogen-bond acceptors (Lipinski definition) is 7. The maximum absolute atomic E-state index is 13.8. The third-order valence-electron chi connectivity index (χ3n) is 6.12. The molecule has 1 heterocycles. The maximum Gasteiger partial charge on any atom is 0.435 e. The zero-order valence-electron chi connectivity index (χ0n) is 23.7. The molecular weight excluding hydrogens is 622 g/mol. The molecule has 3 aromatic rings. The number of nitrogens with zero attached hydrogens (tertiary/aromatic N) is 2. The lowest BCUT2D eigenvalue weighted by atomic mass is 9.96. The van der Waals surface area contributed by atoms with Crippen molar-refractivity contribution in [2.24, 2.45) is 7.05 Å². The molecule has 2 aromatic carbocycles. The summed E-state index contributed by atoms with van der Waals surface area (Å²) in [6.45, 7) is 2.18. The molecule has 8 nitrogen and oxygen atoms in total. The van der Waals surface area contributed by atoms with Crippen LogP contribution in [0.15, 0.2) is 36.4 Å². The van der Waals surface area contributed by atoms with Gasteiger partial charge in [0.15, 0.2) is 11.4 Å². The number of aryl methyl sites for hydroxylation is 1. The summed E-state index contributed by atoms with van der Waals surface area (Å²) in [7, 11) is 1.25. The van der Waals surface area contributed by atoms with Gasteiger partial charge in [0, 0.05) is 26.1 Å². The predicted molar refractivity (Wildman–Crippen MR) is 147 cm³/mol. The van der Waals surface area contributed by atoms with E-state index in [1.807, 2.05) is 0 Å². The van der Waals surface area contributed by atoms with E-state index in [0.717, 1.165) is 29.8 Å². The fourth-order valence-electron chi connectivity index (χ4n) is 4.18. The Kier molecular flexibility index (Phi) is 12.2. The number of alkyl halides is 6. The fourth-order valence-corrected chi connectivity index (χ4v) is 4.41. The lowest BCUT2D eigenvalue weighted by Crippen LogP contribution is -2.09. The SMILES string of the molecule is CC(=O)Oc1c(-c2cc(C(F)(F)F)nn2C)ccc(OCCCCCOCCOCC=O)c1-c1ccc(Cl)c(C(F)(F)F)c1. The zero-order chi connectivity index (χ0) is 32.5. The van der Waals surface area contributed by atoms with Gasteiger partial charge in [0.2, 0.25) is 0 Å². The highest BCUT2D eigenvalue weighted by atomic mass is 35.5. The molecule has 3 rings (SSSR count). The van der Waals surface area contributed by atoms with E-state index in [0.29, 0.717) is 38.8 Å². The number of carbonyl (C=O) groups is 2. The average Bonchev–Trinajstić information content (AvgIpc) is 3.33. The Hall–Kier alpha value is -3.62. The van der Waals surface area contributed by atoms with Gasteiger partial charge < -0.3 is 23.7 Å². The van der Waals surface area contributed by atoms with Crippen molar-refractivity contribution < 1.29 is 54.9 Å². The Morgan fingerprint density at radius 2 is 1.64 bits per heavy atom. The summed E-state index contributed by atoms with van der Waals surface area (Å²) in [6, 6.07) is 6.49. The Balaban J connectivity index is 1.97. The molecule has 0 bridgehead atoms. The van der Waals surface area contributed by atoms with Crippen molar-refractivity contribution in [2.45, 2.75) is 38.5 Å². The second-order valence-corrected chi connectivity index (χ2v) is 9.81. The summed E-state index contributed by atoms with van der Waals surface area (Å²) in [5, 5.41) is 2.92. The largest absolute Gasteiger partial charge is 0.493 e. The minimum Gasteiger partial charge on any atom is -0.493 e. The van der Waals surface area contributed by atoms with Crippen LogP contribution in [-0.2, 0) is 38.5 Å². The van der Waals surface area contributed by atoms with Crippen LogP contribution in [0.5, 0.6) is 11.5 Å². The third kappa shape index (κ3) is 9.44. The highest BCUT2D eigenvalue weighted by Crippen LogP contribution is 2.47. The molecule has 0 fully saturated rings. The summed E-state index contributed by atoms with van der Waals surface area (Å²) in [5.41, 5.74) is -2.72. The van der Waals surface area contributed by atoms with Crippen molar-refractivity contribution in [3.8, 4) is 33.9 Å². The van der Waals surface area contributed by atoms with Crippen LogP contribution < -0.4 is 9.47 Å². The summed E-state index contributed by atoms with van der Waals surface area (Å²) >= 11 is 5.83. The van der Waals surface area contributed by atoms with Crippen LogP contribution in [0.25, 0.3) is 22.4 Å². The van der Waals surface area contributed by atoms with Crippen LogP contribution in [-0.4, -0.2) is 55.1 Å².